The average molecular weight is 342 g/mol. The second-order valence-corrected chi connectivity index (χ2v) is 6.85. The summed E-state index contributed by atoms with van der Waals surface area (Å²) in [6.45, 7) is 1.77. The maximum atomic E-state index is 12.3. The standard InChI is InChI=1S/C17H30N2O5/c1-2-4-12(17(11-20)13(21)5-6-14(17)22)7-9-16(19,15(23)24)8-3-10-18/h12,20H,2-11,18-19H2,1H3,(H,23,24). The third kappa shape index (κ3) is 4.02. The van der Waals surface area contributed by atoms with E-state index < -0.39 is 23.5 Å². The number of carbonyl (C=O) groups excluding carboxylic acids is 2. The molecular formula is C17H30N2O5. The summed E-state index contributed by atoms with van der Waals surface area (Å²) >= 11 is 0. The van der Waals surface area contributed by atoms with Crippen molar-refractivity contribution in [1.29, 1.82) is 0 Å². The van der Waals surface area contributed by atoms with Gasteiger partial charge < -0.3 is 21.7 Å². The molecule has 138 valence electrons. The summed E-state index contributed by atoms with van der Waals surface area (Å²) in [4.78, 5) is 36.2. The zero-order valence-electron chi connectivity index (χ0n) is 14.4. The van der Waals surface area contributed by atoms with E-state index in [1.807, 2.05) is 6.92 Å². The summed E-state index contributed by atoms with van der Waals surface area (Å²) < 4.78 is 0. The van der Waals surface area contributed by atoms with Crippen molar-refractivity contribution in [1.82, 2.24) is 0 Å². The highest BCUT2D eigenvalue weighted by Gasteiger charge is 2.54. The van der Waals surface area contributed by atoms with Crippen LogP contribution in [0.5, 0.6) is 0 Å². The molecule has 2 atom stereocenters. The second-order valence-electron chi connectivity index (χ2n) is 6.85. The van der Waals surface area contributed by atoms with E-state index in [1.165, 1.54) is 0 Å². The Morgan fingerprint density at radius 2 is 1.83 bits per heavy atom. The molecule has 0 aromatic carbocycles. The van der Waals surface area contributed by atoms with Crippen LogP contribution in [0, 0.1) is 11.3 Å². The van der Waals surface area contributed by atoms with Gasteiger partial charge in [-0.05, 0) is 44.6 Å². The predicted octanol–water partition coefficient (Wildman–Crippen LogP) is 0.615. The quantitative estimate of drug-likeness (QED) is 0.403. The molecule has 0 heterocycles. The third-order valence-corrected chi connectivity index (χ3v) is 5.35. The molecule has 0 bridgehead atoms. The molecule has 0 saturated heterocycles. The Morgan fingerprint density at radius 1 is 1.25 bits per heavy atom. The highest BCUT2D eigenvalue weighted by molar-refractivity contribution is 6.13. The fraction of sp³-hybridized carbons (Fsp3) is 0.824. The molecule has 0 radical (unpaired) electrons. The third-order valence-electron chi connectivity index (χ3n) is 5.35. The van der Waals surface area contributed by atoms with Crippen LogP contribution >= 0.6 is 0 Å². The average Bonchev–Trinajstić information content (AvgIpc) is 2.84. The van der Waals surface area contributed by atoms with Gasteiger partial charge in [0.1, 0.15) is 22.5 Å². The van der Waals surface area contributed by atoms with Crippen LogP contribution in [-0.2, 0) is 14.4 Å². The van der Waals surface area contributed by atoms with Gasteiger partial charge in [-0.2, -0.15) is 0 Å². The fourth-order valence-electron chi connectivity index (χ4n) is 3.76. The van der Waals surface area contributed by atoms with Crippen molar-refractivity contribution in [3.05, 3.63) is 0 Å². The molecule has 24 heavy (non-hydrogen) atoms. The normalized spacial score (nSPS) is 20.8. The van der Waals surface area contributed by atoms with Gasteiger partial charge >= 0.3 is 5.97 Å². The number of aliphatic hydroxyl groups excluding tert-OH is 1. The predicted molar refractivity (Wildman–Crippen MR) is 89.2 cm³/mol. The van der Waals surface area contributed by atoms with E-state index in [2.05, 4.69) is 0 Å². The van der Waals surface area contributed by atoms with Crippen LogP contribution in [0.1, 0.15) is 58.3 Å². The molecule has 1 aliphatic rings. The summed E-state index contributed by atoms with van der Waals surface area (Å²) in [5.74, 6) is -1.94. The van der Waals surface area contributed by atoms with Crippen LogP contribution in [0.4, 0.5) is 0 Å². The Hall–Kier alpha value is -1.31. The summed E-state index contributed by atoms with van der Waals surface area (Å²) in [6.07, 6.45) is 2.81. The monoisotopic (exact) mass is 342 g/mol. The van der Waals surface area contributed by atoms with Crippen molar-refractivity contribution in [2.75, 3.05) is 13.2 Å². The highest BCUT2D eigenvalue weighted by atomic mass is 16.4. The minimum absolute atomic E-state index is 0.148. The van der Waals surface area contributed by atoms with Crippen molar-refractivity contribution >= 4 is 17.5 Å². The minimum Gasteiger partial charge on any atom is -0.480 e. The second kappa shape index (κ2) is 8.69. The molecule has 7 heteroatoms. The Bertz CT molecular complexity index is 464. The van der Waals surface area contributed by atoms with E-state index in [9.17, 15) is 24.6 Å². The zero-order valence-corrected chi connectivity index (χ0v) is 14.4. The van der Waals surface area contributed by atoms with Gasteiger partial charge in [-0.3, -0.25) is 14.4 Å². The van der Waals surface area contributed by atoms with Crippen LogP contribution in [0.2, 0.25) is 0 Å². The number of rotatable bonds is 11. The van der Waals surface area contributed by atoms with Crippen molar-refractivity contribution in [2.24, 2.45) is 22.8 Å². The number of hydrogen-bond acceptors (Lipinski definition) is 6. The van der Waals surface area contributed by atoms with Gasteiger partial charge in [0.25, 0.3) is 0 Å². The van der Waals surface area contributed by atoms with Gasteiger partial charge in [-0.15, -0.1) is 0 Å². The van der Waals surface area contributed by atoms with E-state index in [-0.39, 0.29) is 43.2 Å². The van der Waals surface area contributed by atoms with Crippen molar-refractivity contribution < 1.29 is 24.6 Å². The first-order valence-corrected chi connectivity index (χ1v) is 8.68. The minimum atomic E-state index is -1.42. The van der Waals surface area contributed by atoms with Crippen LogP contribution < -0.4 is 11.5 Å². The number of aliphatic carboxylic acids is 1. The Kier molecular flexibility index (Phi) is 7.51. The topological polar surface area (TPSA) is 144 Å². The Morgan fingerprint density at radius 3 is 2.25 bits per heavy atom. The first-order valence-electron chi connectivity index (χ1n) is 8.68. The van der Waals surface area contributed by atoms with Crippen LogP contribution in [-0.4, -0.2) is 46.4 Å². The maximum Gasteiger partial charge on any atom is 0.323 e. The van der Waals surface area contributed by atoms with E-state index in [0.29, 0.717) is 25.8 Å². The molecular weight excluding hydrogens is 312 g/mol. The number of nitrogens with two attached hydrogens (primary N) is 2. The molecule has 2 unspecified atom stereocenters. The number of carboxylic acid groups (broad SMARTS) is 1. The summed E-state index contributed by atoms with van der Waals surface area (Å²) in [5.41, 5.74) is 8.69. The van der Waals surface area contributed by atoms with Gasteiger partial charge in [0.05, 0.1) is 6.61 Å². The molecule has 0 spiro atoms. The lowest BCUT2D eigenvalue weighted by Crippen LogP contribution is -2.50. The lowest BCUT2D eigenvalue weighted by atomic mass is 9.68. The number of carbonyl (C=O) groups is 3. The maximum absolute atomic E-state index is 12.3. The van der Waals surface area contributed by atoms with Crippen LogP contribution in [0.3, 0.4) is 0 Å². The number of hydrogen-bond donors (Lipinski definition) is 4. The van der Waals surface area contributed by atoms with Crippen LogP contribution in [0.15, 0.2) is 0 Å². The van der Waals surface area contributed by atoms with Gasteiger partial charge in [-0.1, -0.05) is 13.3 Å². The van der Waals surface area contributed by atoms with Gasteiger partial charge in [0.15, 0.2) is 0 Å². The van der Waals surface area contributed by atoms with Gasteiger partial charge in [0, 0.05) is 12.8 Å². The number of ketones is 2. The van der Waals surface area contributed by atoms with E-state index >= 15 is 0 Å². The Balaban J connectivity index is 2.98. The highest BCUT2D eigenvalue weighted by Crippen LogP contribution is 2.43. The van der Waals surface area contributed by atoms with E-state index in [0.717, 1.165) is 6.42 Å². The summed E-state index contributed by atoms with van der Waals surface area (Å²) in [5, 5.41) is 19.3. The molecule has 6 N–H and O–H groups in total. The molecule has 1 saturated carbocycles. The molecule has 7 nitrogen and oxygen atoms in total. The number of carboxylic acids is 1. The first-order chi connectivity index (χ1) is 11.3. The lowest BCUT2D eigenvalue weighted by molar-refractivity contribution is -0.144. The molecule has 0 amide bonds. The van der Waals surface area contributed by atoms with Crippen molar-refractivity contribution in [2.45, 2.75) is 63.8 Å². The Labute approximate surface area is 142 Å². The molecule has 1 fully saturated rings. The summed E-state index contributed by atoms with van der Waals surface area (Å²) in [7, 11) is 0. The van der Waals surface area contributed by atoms with Crippen molar-refractivity contribution in [3.8, 4) is 0 Å². The molecule has 0 aliphatic heterocycles. The zero-order chi connectivity index (χ0) is 18.4. The van der Waals surface area contributed by atoms with E-state index in [1.54, 1.807) is 0 Å². The number of aliphatic hydroxyl groups is 1. The molecule has 1 rings (SSSR count). The van der Waals surface area contributed by atoms with Crippen LogP contribution in [0.25, 0.3) is 0 Å². The summed E-state index contributed by atoms with van der Waals surface area (Å²) in [6, 6.07) is 0. The largest absolute Gasteiger partial charge is 0.480 e. The van der Waals surface area contributed by atoms with E-state index in [4.69, 9.17) is 11.5 Å². The molecule has 1 aliphatic carbocycles. The van der Waals surface area contributed by atoms with Gasteiger partial charge in [-0.25, -0.2) is 0 Å². The fourth-order valence-corrected chi connectivity index (χ4v) is 3.76. The first kappa shape index (κ1) is 20.7. The van der Waals surface area contributed by atoms with Crippen molar-refractivity contribution in [3.63, 3.8) is 0 Å². The molecule has 0 aromatic heterocycles. The van der Waals surface area contributed by atoms with Gasteiger partial charge in [0.2, 0.25) is 0 Å². The number of Topliss-reactive ketones (excluding diaryl/α,β-unsaturated/α-hetero) is 2. The molecule has 0 aromatic rings. The smallest absolute Gasteiger partial charge is 0.323 e. The SMILES string of the molecule is CCCC(CCC(N)(CCCN)C(=O)O)C1(CO)C(=O)CCC1=O. The lowest BCUT2D eigenvalue weighted by Gasteiger charge is -2.35.